The van der Waals surface area contributed by atoms with Crippen molar-refractivity contribution in [2.24, 2.45) is 0 Å². The number of hydrogen-bond donors (Lipinski definition) is 1. The van der Waals surface area contributed by atoms with Gasteiger partial charge in [-0.3, -0.25) is 4.79 Å². The first-order valence-electron chi connectivity index (χ1n) is 8.46. The van der Waals surface area contributed by atoms with E-state index in [2.05, 4.69) is 4.98 Å². The largest absolute Gasteiger partial charge is 0.354 e. The molecular formula is C23H15Cl2NO. The van der Waals surface area contributed by atoms with Crippen LogP contribution < -0.4 is 0 Å². The molecular weight excluding hydrogens is 377 g/mol. The van der Waals surface area contributed by atoms with Crippen LogP contribution in [0.4, 0.5) is 0 Å². The molecule has 27 heavy (non-hydrogen) atoms. The number of allylic oxidation sites excluding steroid dienone is 1. The van der Waals surface area contributed by atoms with Crippen molar-refractivity contribution in [3.63, 3.8) is 0 Å². The summed E-state index contributed by atoms with van der Waals surface area (Å²) in [4.78, 5) is 16.0. The quantitative estimate of drug-likeness (QED) is 0.293. The van der Waals surface area contributed by atoms with Crippen LogP contribution in [0, 0.1) is 0 Å². The van der Waals surface area contributed by atoms with Gasteiger partial charge in [0, 0.05) is 32.1 Å². The summed E-state index contributed by atoms with van der Waals surface area (Å²) >= 11 is 12.1. The molecule has 0 radical (unpaired) electrons. The van der Waals surface area contributed by atoms with Crippen LogP contribution in [0.2, 0.25) is 10.0 Å². The third-order valence-corrected chi connectivity index (χ3v) is 4.88. The van der Waals surface area contributed by atoms with E-state index in [0.29, 0.717) is 15.6 Å². The van der Waals surface area contributed by atoms with Gasteiger partial charge in [0.05, 0.1) is 5.69 Å². The fourth-order valence-corrected chi connectivity index (χ4v) is 3.36. The smallest absolute Gasteiger partial charge is 0.185 e. The van der Waals surface area contributed by atoms with Crippen LogP contribution in [-0.4, -0.2) is 10.8 Å². The Balaban J connectivity index is 1.80. The van der Waals surface area contributed by atoms with Crippen LogP contribution >= 0.6 is 23.2 Å². The highest BCUT2D eigenvalue weighted by Crippen LogP contribution is 2.33. The van der Waals surface area contributed by atoms with Crippen molar-refractivity contribution in [1.29, 1.82) is 0 Å². The maximum atomic E-state index is 12.5. The molecule has 4 rings (SSSR count). The fraction of sp³-hybridized carbons (Fsp3) is 0. The van der Waals surface area contributed by atoms with E-state index in [-0.39, 0.29) is 5.78 Å². The maximum absolute atomic E-state index is 12.5. The van der Waals surface area contributed by atoms with Gasteiger partial charge in [-0.1, -0.05) is 53.5 Å². The summed E-state index contributed by atoms with van der Waals surface area (Å²) in [7, 11) is 0. The first kappa shape index (κ1) is 17.6. The lowest BCUT2D eigenvalue weighted by molar-refractivity contribution is 0.104. The van der Waals surface area contributed by atoms with Crippen molar-refractivity contribution < 1.29 is 4.79 Å². The van der Waals surface area contributed by atoms with Gasteiger partial charge in [-0.2, -0.15) is 0 Å². The van der Waals surface area contributed by atoms with Crippen LogP contribution in [0.5, 0.6) is 0 Å². The third-order valence-electron chi connectivity index (χ3n) is 4.39. The van der Waals surface area contributed by atoms with Gasteiger partial charge >= 0.3 is 0 Å². The van der Waals surface area contributed by atoms with Crippen molar-refractivity contribution in [2.45, 2.75) is 0 Å². The number of carbonyl (C=O) groups excluding carboxylic acids is 1. The van der Waals surface area contributed by atoms with Crippen LogP contribution in [0.3, 0.4) is 0 Å². The van der Waals surface area contributed by atoms with E-state index in [0.717, 1.165) is 27.7 Å². The summed E-state index contributed by atoms with van der Waals surface area (Å²) in [6.45, 7) is 0. The number of benzene rings is 3. The maximum Gasteiger partial charge on any atom is 0.185 e. The minimum Gasteiger partial charge on any atom is -0.354 e. The molecule has 0 spiro atoms. The Morgan fingerprint density at radius 3 is 2.30 bits per heavy atom. The van der Waals surface area contributed by atoms with E-state index >= 15 is 0 Å². The Bertz CT molecular complexity index is 1140. The normalized spacial score (nSPS) is 11.3. The molecule has 0 atom stereocenters. The lowest BCUT2D eigenvalue weighted by Crippen LogP contribution is -1.93. The van der Waals surface area contributed by atoms with Crippen LogP contribution in [0.25, 0.3) is 28.2 Å². The minimum absolute atomic E-state index is 0.0814. The molecule has 0 aliphatic carbocycles. The molecule has 0 amide bonds. The van der Waals surface area contributed by atoms with E-state index in [9.17, 15) is 4.79 Å². The first-order valence-corrected chi connectivity index (χ1v) is 9.22. The molecule has 3 aromatic carbocycles. The molecule has 1 aromatic heterocycles. The van der Waals surface area contributed by atoms with Gasteiger partial charge in [-0.15, -0.1) is 0 Å². The number of hydrogen-bond acceptors (Lipinski definition) is 1. The lowest BCUT2D eigenvalue weighted by Gasteiger charge is -2.01. The highest BCUT2D eigenvalue weighted by Gasteiger charge is 2.12. The predicted octanol–water partition coefficient (Wildman–Crippen LogP) is 7.04. The summed E-state index contributed by atoms with van der Waals surface area (Å²) < 4.78 is 0. The monoisotopic (exact) mass is 391 g/mol. The van der Waals surface area contributed by atoms with E-state index < -0.39 is 0 Å². The molecule has 0 fully saturated rings. The van der Waals surface area contributed by atoms with Gasteiger partial charge < -0.3 is 4.98 Å². The Labute approximate surface area is 167 Å². The van der Waals surface area contributed by atoms with E-state index in [4.69, 9.17) is 23.2 Å². The zero-order valence-corrected chi connectivity index (χ0v) is 15.8. The lowest BCUT2D eigenvalue weighted by atomic mass is 10.0. The zero-order chi connectivity index (χ0) is 18.8. The Hall–Kier alpha value is -2.81. The summed E-state index contributed by atoms with van der Waals surface area (Å²) in [5, 5.41) is 2.23. The summed E-state index contributed by atoms with van der Waals surface area (Å²) in [5.41, 5.74) is 4.49. The molecule has 132 valence electrons. The third kappa shape index (κ3) is 3.68. The molecule has 4 aromatic rings. The predicted molar refractivity (Wildman–Crippen MR) is 114 cm³/mol. The molecule has 0 bridgehead atoms. The SMILES string of the molecule is O=C(/C=C/c1c(-c2ccccc2)[nH]c2ccc(Cl)cc12)c1ccc(Cl)cc1. The Morgan fingerprint density at radius 1 is 0.852 bits per heavy atom. The zero-order valence-electron chi connectivity index (χ0n) is 14.2. The van der Waals surface area contributed by atoms with Crippen LogP contribution in [0.15, 0.2) is 78.9 Å². The van der Waals surface area contributed by atoms with Crippen molar-refractivity contribution in [3.8, 4) is 11.3 Å². The number of rotatable bonds is 4. The number of halogens is 2. The van der Waals surface area contributed by atoms with Gasteiger partial charge in [0.2, 0.25) is 0 Å². The molecule has 0 aliphatic rings. The van der Waals surface area contributed by atoms with E-state index in [1.165, 1.54) is 0 Å². The van der Waals surface area contributed by atoms with Gasteiger partial charge in [-0.05, 0) is 60.2 Å². The molecule has 0 aliphatic heterocycles. The summed E-state index contributed by atoms with van der Waals surface area (Å²) in [6.07, 6.45) is 3.42. The molecule has 0 saturated heterocycles. The van der Waals surface area contributed by atoms with Crippen molar-refractivity contribution >= 4 is 46.0 Å². The number of H-pyrrole nitrogens is 1. The van der Waals surface area contributed by atoms with Gasteiger partial charge in [0.15, 0.2) is 5.78 Å². The standard InChI is InChI=1S/C23H15Cl2NO/c24-17-8-6-15(7-9-17)22(27)13-11-19-20-14-18(25)10-12-21(20)26-23(19)16-4-2-1-3-5-16/h1-14,26H/b13-11+. The summed E-state index contributed by atoms with van der Waals surface area (Å²) in [5.74, 6) is -0.0814. The second kappa shape index (κ2) is 7.43. The number of carbonyl (C=O) groups is 1. The number of fused-ring (bicyclic) bond motifs is 1. The molecule has 4 heteroatoms. The highest BCUT2D eigenvalue weighted by molar-refractivity contribution is 6.31. The van der Waals surface area contributed by atoms with E-state index in [1.54, 1.807) is 30.3 Å². The Morgan fingerprint density at radius 2 is 1.56 bits per heavy atom. The molecule has 0 unspecified atom stereocenters. The van der Waals surface area contributed by atoms with Crippen molar-refractivity contribution in [2.75, 3.05) is 0 Å². The van der Waals surface area contributed by atoms with Gasteiger partial charge in [0.1, 0.15) is 0 Å². The second-order valence-electron chi connectivity index (χ2n) is 6.17. The average molecular weight is 392 g/mol. The van der Waals surface area contributed by atoms with Crippen LogP contribution in [0.1, 0.15) is 15.9 Å². The number of nitrogens with one attached hydrogen (secondary N) is 1. The topological polar surface area (TPSA) is 32.9 Å². The fourth-order valence-electron chi connectivity index (χ4n) is 3.06. The van der Waals surface area contributed by atoms with Crippen LogP contribution in [-0.2, 0) is 0 Å². The summed E-state index contributed by atoms with van der Waals surface area (Å²) in [6, 6.07) is 22.6. The molecule has 1 N–H and O–H groups in total. The van der Waals surface area contributed by atoms with Crippen molar-refractivity contribution in [1.82, 2.24) is 4.98 Å². The molecule has 2 nitrogen and oxygen atoms in total. The minimum atomic E-state index is -0.0814. The molecule has 0 saturated carbocycles. The van der Waals surface area contributed by atoms with Gasteiger partial charge in [-0.25, -0.2) is 0 Å². The number of aromatic amines is 1. The van der Waals surface area contributed by atoms with Gasteiger partial charge in [0.25, 0.3) is 0 Å². The number of ketones is 1. The first-order chi connectivity index (χ1) is 13.1. The highest BCUT2D eigenvalue weighted by atomic mass is 35.5. The molecule has 1 heterocycles. The number of aromatic nitrogens is 1. The van der Waals surface area contributed by atoms with Crippen molar-refractivity contribution in [3.05, 3.63) is 100 Å². The van der Waals surface area contributed by atoms with E-state index in [1.807, 2.05) is 54.6 Å². The average Bonchev–Trinajstić information content (AvgIpc) is 3.05. The Kier molecular flexibility index (Phi) is 4.85. The second-order valence-corrected chi connectivity index (χ2v) is 7.05.